The molecule has 0 saturated heterocycles. The number of nitro groups is 1. The van der Waals surface area contributed by atoms with Crippen molar-refractivity contribution in [2.24, 2.45) is 0 Å². The molecule has 15 heavy (non-hydrogen) atoms. The average Bonchev–Trinajstić information content (AvgIpc) is 2.16. The third kappa shape index (κ3) is 2.24. The summed E-state index contributed by atoms with van der Waals surface area (Å²) in [6, 6.07) is 2.37. The summed E-state index contributed by atoms with van der Waals surface area (Å²) in [5.74, 6) is -0.236. The first-order valence-corrected chi connectivity index (χ1v) is 4.38. The van der Waals surface area contributed by atoms with Gasteiger partial charge in [-0.2, -0.15) is 0 Å². The Morgan fingerprint density at radius 1 is 1.53 bits per heavy atom. The van der Waals surface area contributed by atoms with Crippen molar-refractivity contribution >= 4 is 23.1 Å². The Kier molecular flexibility index (Phi) is 3.26. The largest absolute Gasteiger partial charge is 0.495 e. The van der Waals surface area contributed by atoms with Gasteiger partial charge in [-0.3, -0.25) is 14.9 Å². The number of hydrogen-bond donors (Lipinski definition) is 0. The van der Waals surface area contributed by atoms with Gasteiger partial charge in [-0.15, -0.1) is 0 Å². The molecule has 0 aliphatic heterocycles. The van der Waals surface area contributed by atoms with E-state index < -0.39 is 10.7 Å². The number of carbonyl (C=O) groups is 1. The summed E-state index contributed by atoms with van der Waals surface area (Å²) in [5, 5.41) is 10.8. The standard InChI is InChI=1S/C9H8ClNO4/c1-5(12)6-3-7(10)9(15-2)4-8(6)11(13)14/h3-4H,1-2H3. The van der Waals surface area contributed by atoms with Gasteiger partial charge in [0.15, 0.2) is 5.78 Å². The normalized spacial score (nSPS) is 9.80. The monoisotopic (exact) mass is 229 g/mol. The summed E-state index contributed by atoms with van der Waals surface area (Å²) in [5.41, 5.74) is -0.324. The lowest BCUT2D eigenvalue weighted by molar-refractivity contribution is -0.385. The fourth-order valence-corrected chi connectivity index (χ4v) is 1.37. The van der Waals surface area contributed by atoms with Crippen molar-refractivity contribution in [2.75, 3.05) is 7.11 Å². The third-order valence-electron chi connectivity index (χ3n) is 1.85. The second-order valence-corrected chi connectivity index (χ2v) is 3.22. The number of methoxy groups -OCH3 is 1. The van der Waals surface area contributed by atoms with Gasteiger partial charge in [0.25, 0.3) is 5.69 Å². The highest BCUT2D eigenvalue weighted by molar-refractivity contribution is 6.32. The molecule has 0 aliphatic carbocycles. The van der Waals surface area contributed by atoms with E-state index in [1.807, 2.05) is 0 Å². The SMILES string of the molecule is COc1cc([N+](=O)[O-])c(C(C)=O)cc1Cl. The van der Waals surface area contributed by atoms with E-state index in [1.165, 1.54) is 20.1 Å². The van der Waals surface area contributed by atoms with Crippen molar-refractivity contribution < 1.29 is 14.5 Å². The van der Waals surface area contributed by atoms with Gasteiger partial charge in [0.1, 0.15) is 5.75 Å². The molecule has 0 bridgehead atoms. The highest BCUT2D eigenvalue weighted by Crippen LogP contribution is 2.32. The molecule has 0 N–H and O–H groups in total. The molecular formula is C9H8ClNO4. The van der Waals surface area contributed by atoms with Crippen molar-refractivity contribution in [3.63, 3.8) is 0 Å². The van der Waals surface area contributed by atoms with Gasteiger partial charge >= 0.3 is 0 Å². The first-order valence-electron chi connectivity index (χ1n) is 4.00. The summed E-state index contributed by atoms with van der Waals surface area (Å²) in [6.45, 7) is 1.24. The number of nitrogens with zero attached hydrogens (tertiary/aromatic N) is 1. The second kappa shape index (κ2) is 4.27. The first-order chi connectivity index (χ1) is 6.97. The third-order valence-corrected chi connectivity index (χ3v) is 2.14. The van der Waals surface area contributed by atoms with Crippen molar-refractivity contribution in [3.8, 4) is 5.75 Å². The van der Waals surface area contributed by atoms with Gasteiger partial charge in [0.05, 0.1) is 28.7 Å². The average molecular weight is 230 g/mol. The zero-order valence-electron chi connectivity index (χ0n) is 8.11. The van der Waals surface area contributed by atoms with Crippen LogP contribution in [0.1, 0.15) is 17.3 Å². The molecule has 0 amide bonds. The highest BCUT2D eigenvalue weighted by Gasteiger charge is 2.20. The summed E-state index contributed by atoms with van der Waals surface area (Å²) in [6.07, 6.45) is 0. The van der Waals surface area contributed by atoms with Crippen LogP contribution < -0.4 is 4.74 Å². The van der Waals surface area contributed by atoms with E-state index in [1.54, 1.807) is 0 Å². The van der Waals surface area contributed by atoms with Crippen LogP contribution in [0.5, 0.6) is 5.75 Å². The lowest BCUT2D eigenvalue weighted by Gasteiger charge is -2.05. The minimum Gasteiger partial charge on any atom is -0.495 e. The minimum atomic E-state index is -0.643. The smallest absolute Gasteiger partial charge is 0.283 e. The van der Waals surface area contributed by atoms with Crippen LogP contribution in [-0.2, 0) is 0 Å². The van der Waals surface area contributed by atoms with E-state index in [9.17, 15) is 14.9 Å². The van der Waals surface area contributed by atoms with Crippen molar-refractivity contribution in [1.82, 2.24) is 0 Å². The summed E-state index contributed by atoms with van der Waals surface area (Å²) in [7, 11) is 1.35. The van der Waals surface area contributed by atoms with Crippen molar-refractivity contribution in [2.45, 2.75) is 6.92 Å². The maximum Gasteiger partial charge on any atom is 0.283 e. The molecule has 0 saturated carbocycles. The Hall–Kier alpha value is -1.62. The Morgan fingerprint density at radius 3 is 2.53 bits per heavy atom. The fraction of sp³-hybridized carbons (Fsp3) is 0.222. The molecule has 1 aromatic carbocycles. The molecular weight excluding hydrogens is 222 g/mol. The van der Waals surface area contributed by atoms with E-state index in [0.717, 1.165) is 6.07 Å². The summed E-state index contributed by atoms with van der Waals surface area (Å²) < 4.78 is 4.82. The number of hydrogen-bond acceptors (Lipinski definition) is 4. The Morgan fingerprint density at radius 2 is 2.13 bits per heavy atom. The van der Waals surface area contributed by atoms with Crippen LogP contribution in [0.4, 0.5) is 5.69 Å². The van der Waals surface area contributed by atoms with Crippen LogP contribution in [0.3, 0.4) is 0 Å². The number of halogens is 1. The zero-order chi connectivity index (χ0) is 11.6. The predicted molar refractivity (Wildman–Crippen MR) is 54.7 cm³/mol. The van der Waals surface area contributed by atoms with E-state index in [2.05, 4.69) is 0 Å². The lowest BCUT2D eigenvalue weighted by Crippen LogP contribution is -2.01. The molecule has 0 unspecified atom stereocenters. The molecule has 0 heterocycles. The summed E-state index contributed by atoms with van der Waals surface area (Å²) >= 11 is 5.75. The summed E-state index contributed by atoms with van der Waals surface area (Å²) in [4.78, 5) is 21.1. The predicted octanol–water partition coefficient (Wildman–Crippen LogP) is 2.46. The van der Waals surface area contributed by atoms with Crippen molar-refractivity contribution in [3.05, 3.63) is 32.8 Å². The number of benzene rings is 1. The molecule has 1 aromatic rings. The molecule has 6 heteroatoms. The number of Topliss-reactive ketones (excluding diaryl/α,β-unsaturated/α-hetero) is 1. The molecule has 0 radical (unpaired) electrons. The Labute approximate surface area is 90.8 Å². The van der Waals surface area contributed by atoms with Crippen LogP contribution in [0, 0.1) is 10.1 Å². The van der Waals surface area contributed by atoms with E-state index in [0.29, 0.717) is 0 Å². The number of ketones is 1. The number of ether oxygens (including phenoxy) is 1. The Bertz CT molecular complexity index is 430. The number of carbonyl (C=O) groups excluding carboxylic acids is 1. The lowest BCUT2D eigenvalue weighted by atomic mass is 10.1. The number of rotatable bonds is 3. The molecule has 5 nitrogen and oxygen atoms in total. The van der Waals surface area contributed by atoms with Gasteiger partial charge in [0.2, 0.25) is 0 Å². The van der Waals surface area contributed by atoms with E-state index in [-0.39, 0.29) is 22.0 Å². The van der Waals surface area contributed by atoms with E-state index in [4.69, 9.17) is 16.3 Å². The fourth-order valence-electron chi connectivity index (χ4n) is 1.13. The van der Waals surface area contributed by atoms with Crippen LogP contribution in [-0.4, -0.2) is 17.8 Å². The van der Waals surface area contributed by atoms with Gasteiger partial charge in [-0.1, -0.05) is 11.6 Å². The minimum absolute atomic E-state index is 0.0224. The molecule has 0 spiro atoms. The first kappa shape index (κ1) is 11.5. The topological polar surface area (TPSA) is 69.4 Å². The van der Waals surface area contributed by atoms with E-state index >= 15 is 0 Å². The Balaban J connectivity index is 3.45. The maximum absolute atomic E-state index is 11.1. The van der Waals surface area contributed by atoms with Crippen LogP contribution in [0.2, 0.25) is 5.02 Å². The quantitative estimate of drug-likeness (QED) is 0.454. The molecule has 0 aliphatic rings. The van der Waals surface area contributed by atoms with Crippen molar-refractivity contribution in [1.29, 1.82) is 0 Å². The van der Waals surface area contributed by atoms with Gasteiger partial charge in [-0.05, 0) is 13.0 Å². The molecule has 0 aromatic heterocycles. The van der Waals surface area contributed by atoms with Gasteiger partial charge in [-0.25, -0.2) is 0 Å². The zero-order valence-corrected chi connectivity index (χ0v) is 8.87. The van der Waals surface area contributed by atoms with Crippen LogP contribution >= 0.6 is 11.6 Å². The van der Waals surface area contributed by atoms with Crippen LogP contribution in [0.15, 0.2) is 12.1 Å². The number of nitro benzene ring substituents is 1. The molecule has 80 valence electrons. The second-order valence-electron chi connectivity index (χ2n) is 2.82. The molecule has 1 rings (SSSR count). The van der Waals surface area contributed by atoms with Gasteiger partial charge < -0.3 is 4.74 Å². The molecule has 0 fully saturated rings. The van der Waals surface area contributed by atoms with Gasteiger partial charge in [0, 0.05) is 0 Å². The molecule has 0 atom stereocenters. The highest BCUT2D eigenvalue weighted by atomic mass is 35.5. The van der Waals surface area contributed by atoms with Crippen LogP contribution in [0.25, 0.3) is 0 Å². The maximum atomic E-state index is 11.1.